The third-order valence-corrected chi connectivity index (χ3v) is 3.53. The zero-order valence-electron chi connectivity index (χ0n) is 10.6. The van der Waals surface area contributed by atoms with E-state index in [0.29, 0.717) is 5.56 Å². The summed E-state index contributed by atoms with van der Waals surface area (Å²) in [5, 5.41) is 2.67. The largest absolute Gasteiger partial charge is 0.418 e. The molecule has 1 heterocycles. The fourth-order valence-corrected chi connectivity index (χ4v) is 2.59. The highest BCUT2D eigenvalue weighted by molar-refractivity contribution is 5.64. The molecule has 0 aliphatic carbocycles. The van der Waals surface area contributed by atoms with Gasteiger partial charge in [0.25, 0.3) is 0 Å². The van der Waals surface area contributed by atoms with Gasteiger partial charge in [-0.3, -0.25) is 0 Å². The molecular formula is C15H10F5N. The second-order valence-corrected chi connectivity index (χ2v) is 4.90. The van der Waals surface area contributed by atoms with Crippen LogP contribution in [0.25, 0.3) is 0 Å². The zero-order chi connectivity index (χ0) is 15.2. The van der Waals surface area contributed by atoms with E-state index in [0.717, 1.165) is 24.3 Å². The van der Waals surface area contributed by atoms with Gasteiger partial charge in [-0.05, 0) is 36.2 Å². The summed E-state index contributed by atoms with van der Waals surface area (Å²) in [5.41, 5.74) is -0.379. The number of rotatable bonds is 1. The van der Waals surface area contributed by atoms with Gasteiger partial charge in [0.15, 0.2) is 0 Å². The first kappa shape index (κ1) is 13.9. The maximum Gasteiger partial charge on any atom is 0.418 e. The summed E-state index contributed by atoms with van der Waals surface area (Å²) in [6.07, 6.45) is -4.31. The highest BCUT2D eigenvalue weighted by Crippen LogP contribution is 2.43. The molecule has 1 atom stereocenters. The Morgan fingerprint density at radius 2 is 1.81 bits per heavy atom. The lowest BCUT2D eigenvalue weighted by Crippen LogP contribution is -2.12. The quantitative estimate of drug-likeness (QED) is 0.753. The fourth-order valence-electron chi connectivity index (χ4n) is 2.59. The Bertz CT molecular complexity index is 693. The highest BCUT2D eigenvalue weighted by Gasteiger charge is 2.37. The monoisotopic (exact) mass is 299 g/mol. The van der Waals surface area contributed by atoms with E-state index in [2.05, 4.69) is 5.32 Å². The lowest BCUT2D eigenvalue weighted by atomic mass is 10.0. The first-order valence-electron chi connectivity index (χ1n) is 6.27. The summed E-state index contributed by atoms with van der Waals surface area (Å²) in [6.45, 7) is 0. The van der Waals surface area contributed by atoms with Crippen LogP contribution < -0.4 is 5.32 Å². The molecule has 1 aliphatic heterocycles. The van der Waals surface area contributed by atoms with Gasteiger partial charge in [-0.1, -0.05) is 12.1 Å². The number of fused-ring (bicyclic) bond motifs is 1. The Labute approximate surface area is 117 Å². The van der Waals surface area contributed by atoms with Crippen LogP contribution in [-0.4, -0.2) is 0 Å². The molecule has 1 aliphatic rings. The molecule has 21 heavy (non-hydrogen) atoms. The predicted molar refractivity (Wildman–Crippen MR) is 67.9 cm³/mol. The molecule has 1 nitrogen and oxygen atoms in total. The van der Waals surface area contributed by atoms with Crippen molar-refractivity contribution in [3.63, 3.8) is 0 Å². The van der Waals surface area contributed by atoms with Gasteiger partial charge >= 0.3 is 6.18 Å². The van der Waals surface area contributed by atoms with Gasteiger partial charge in [0.1, 0.15) is 11.6 Å². The molecule has 0 saturated carbocycles. The van der Waals surface area contributed by atoms with Crippen molar-refractivity contribution in [3.05, 3.63) is 64.7 Å². The van der Waals surface area contributed by atoms with Crippen molar-refractivity contribution in [2.75, 3.05) is 5.32 Å². The topological polar surface area (TPSA) is 12.0 Å². The summed E-state index contributed by atoms with van der Waals surface area (Å²) in [4.78, 5) is 0. The number of para-hydroxylation sites is 1. The van der Waals surface area contributed by atoms with Crippen LogP contribution in [0.3, 0.4) is 0 Å². The number of halogens is 5. The van der Waals surface area contributed by atoms with Crippen molar-refractivity contribution < 1.29 is 22.0 Å². The first-order valence-corrected chi connectivity index (χ1v) is 6.27. The molecule has 6 heteroatoms. The van der Waals surface area contributed by atoms with Gasteiger partial charge in [0, 0.05) is 5.56 Å². The normalized spacial score (nSPS) is 17.5. The molecule has 110 valence electrons. The maximum absolute atomic E-state index is 13.8. The highest BCUT2D eigenvalue weighted by atomic mass is 19.4. The van der Waals surface area contributed by atoms with Crippen molar-refractivity contribution in [2.45, 2.75) is 18.6 Å². The van der Waals surface area contributed by atoms with Gasteiger partial charge in [-0.15, -0.1) is 0 Å². The molecular weight excluding hydrogens is 289 g/mol. The van der Waals surface area contributed by atoms with E-state index in [1.165, 1.54) is 6.07 Å². The Morgan fingerprint density at radius 1 is 1.05 bits per heavy atom. The minimum Gasteiger partial charge on any atom is -0.377 e. The van der Waals surface area contributed by atoms with Gasteiger partial charge in [0.2, 0.25) is 0 Å². The third-order valence-electron chi connectivity index (χ3n) is 3.53. The van der Waals surface area contributed by atoms with Gasteiger partial charge < -0.3 is 5.32 Å². The number of anilines is 1. The first-order chi connectivity index (χ1) is 9.86. The summed E-state index contributed by atoms with van der Waals surface area (Å²) in [5.74, 6) is -1.27. The van der Waals surface area contributed by atoms with Crippen LogP contribution in [-0.2, 0) is 12.6 Å². The van der Waals surface area contributed by atoms with E-state index in [9.17, 15) is 22.0 Å². The Balaban J connectivity index is 2.00. The SMILES string of the molecule is Fc1ccc(F)c(C2Cc3cccc(C(F)(F)F)c3N2)c1. The summed E-state index contributed by atoms with van der Waals surface area (Å²) in [7, 11) is 0. The zero-order valence-corrected chi connectivity index (χ0v) is 10.6. The van der Waals surface area contributed by atoms with Crippen LogP contribution in [0.5, 0.6) is 0 Å². The fraction of sp³-hybridized carbons (Fsp3) is 0.200. The molecule has 2 aromatic carbocycles. The number of nitrogens with one attached hydrogen (secondary N) is 1. The second-order valence-electron chi connectivity index (χ2n) is 4.90. The predicted octanol–water partition coefficient (Wildman–Crippen LogP) is 4.69. The molecule has 1 N–H and O–H groups in total. The minimum absolute atomic E-state index is 0.0272. The number of hydrogen-bond acceptors (Lipinski definition) is 1. The van der Waals surface area contributed by atoms with E-state index >= 15 is 0 Å². The van der Waals surface area contributed by atoms with Crippen LogP contribution in [0.1, 0.15) is 22.7 Å². The standard InChI is InChI=1S/C15H10F5N/c16-9-4-5-12(17)10(7-9)13-6-8-2-1-3-11(14(8)21-13)15(18,19)20/h1-5,7,13,21H,6H2. The lowest BCUT2D eigenvalue weighted by Gasteiger charge is -2.15. The van der Waals surface area contributed by atoms with Crippen LogP contribution in [0.2, 0.25) is 0 Å². The van der Waals surface area contributed by atoms with Crippen molar-refractivity contribution in [1.82, 2.24) is 0 Å². The van der Waals surface area contributed by atoms with Crippen molar-refractivity contribution >= 4 is 5.69 Å². The van der Waals surface area contributed by atoms with Crippen molar-refractivity contribution in [2.24, 2.45) is 0 Å². The summed E-state index contributed by atoms with van der Waals surface area (Å²) in [6, 6.07) is 6.08. The molecule has 0 aromatic heterocycles. The molecule has 0 radical (unpaired) electrons. The Kier molecular flexibility index (Phi) is 3.11. The van der Waals surface area contributed by atoms with E-state index in [4.69, 9.17) is 0 Å². The Morgan fingerprint density at radius 3 is 2.52 bits per heavy atom. The molecule has 0 saturated heterocycles. The molecule has 2 aromatic rings. The summed E-state index contributed by atoms with van der Waals surface area (Å²) < 4.78 is 65.8. The van der Waals surface area contributed by atoms with E-state index in [1.54, 1.807) is 6.07 Å². The molecule has 0 amide bonds. The van der Waals surface area contributed by atoms with E-state index in [-0.39, 0.29) is 17.7 Å². The Hall–Kier alpha value is -2.11. The van der Waals surface area contributed by atoms with Gasteiger partial charge in [0.05, 0.1) is 17.3 Å². The number of alkyl halides is 3. The maximum atomic E-state index is 13.8. The van der Waals surface area contributed by atoms with Crippen LogP contribution in [0.15, 0.2) is 36.4 Å². The van der Waals surface area contributed by atoms with E-state index in [1.807, 2.05) is 0 Å². The van der Waals surface area contributed by atoms with Crippen LogP contribution >= 0.6 is 0 Å². The van der Waals surface area contributed by atoms with Crippen LogP contribution in [0.4, 0.5) is 27.6 Å². The molecule has 0 bridgehead atoms. The number of benzene rings is 2. The van der Waals surface area contributed by atoms with Crippen molar-refractivity contribution in [3.8, 4) is 0 Å². The lowest BCUT2D eigenvalue weighted by molar-refractivity contribution is -0.136. The third kappa shape index (κ3) is 2.46. The second kappa shape index (κ2) is 4.72. The van der Waals surface area contributed by atoms with Gasteiger partial charge in [-0.2, -0.15) is 13.2 Å². The number of hydrogen-bond donors (Lipinski definition) is 1. The molecule has 3 rings (SSSR count). The average Bonchev–Trinajstić information content (AvgIpc) is 2.83. The van der Waals surface area contributed by atoms with Crippen molar-refractivity contribution in [1.29, 1.82) is 0 Å². The molecule has 1 unspecified atom stereocenters. The summed E-state index contributed by atoms with van der Waals surface area (Å²) >= 11 is 0. The molecule has 0 spiro atoms. The van der Waals surface area contributed by atoms with E-state index < -0.39 is 29.4 Å². The van der Waals surface area contributed by atoms with Crippen LogP contribution in [0, 0.1) is 11.6 Å². The molecule has 0 fully saturated rings. The average molecular weight is 299 g/mol. The van der Waals surface area contributed by atoms with Gasteiger partial charge in [-0.25, -0.2) is 8.78 Å². The minimum atomic E-state index is -4.49. The smallest absolute Gasteiger partial charge is 0.377 e.